The van der Waals surface area contributed by atoms with Crippen LogP contribution in [-0.2, 0) is 16.1 Å². The SMILES string of the molecule is CCOC(=O)/C=C/C1CCN(Cc2ccccc2)CC1. The third-order valence-electron chi connectivity index (χ3n) is 3.67. The third kappa shape index (κ3) is 4.82. The highest BCUT2D eigenvalue weighted by atomic mass is 16.5. The molecular weight excluding hydrogens is 250 g/mol. The zero-order valence-electron chi connectivity index (χ0n) is 12.1. The van der Waals surface area contributed by atoms with E-state index < -0.39 is 0 Å². The monoisotopic (exact) mass is 273 g/mol. The van der Waals surface area contributed by atoms with Gasteiger partial charge in [-0.1, -0.05) is 36.4 Å². The van der Waals surface area contributed by atoms with Crippen LogP contribution in [0.15, 0.2) is 42.5 Å². The number of carbonyl (C=O) groups excluding carboxylic acids is 1. The van der Waals surface area contributed by atoms with Crippen molar-refractivity contribution in [1.29, 1.82) is 0 Å². The molecule has 0 radical (unpaired) electrons. The number of esters is 1. The van der Waals surface area contributed by atoms with Crippen molar-refractivity contribution in [2.24, 2.45) is 5.92 Å². The van der Waals surface area contributed by atoms with Gasteiger partial charge >= 0.3 is 5.97 Å². The van der Waals surface area contributed by atoms with Crippen LogP contribution in [0.4, 0.5) is 0 Å². The fourth-order valence-electron chi connectivity index (χ4n) is 2.55. The van der Waals surface area contributed by atoms with E-state index in [1.165, 1.54) is 5.56 Å². The lowest BCUT2D eigenvalue weighted by Crippen LogP contribution is -2.32. The van der Waals surface area contributed by atoms with E-state index in [1.807, 2.05) is 13.0 Å². The van der Waals surface area contributed by atoms with Crippen molar-refractivity contribution in [3.8, 4) is 0 Å². The number of ether oxygens (including phenoxy) is 1. The molecule has 1 saturated heterocycles. The van der Waals surface area contributed by atoms with Crippen LogP contribution >= 0.6 is 0 Å². The predicted octanol–water partition coefficient (Wildman–Crippen LogP) is 3.02. The molecule has 1 aliphatic heterocycles. The zero-order chi connectivity index (χ0) is 14.2. The Morgan fingerprint density at radius 1 is 1.30 bits per heavy atom. The molecule has 0 bridgehead atoms. The minimum Gasteiger partial charge on any atom is -0.463 e. The van der Waals surface area contributed by atoms with Gasteiger partial charge < -0.3 is 4.74 Å². The van der Waals surface area contributed by atoms with Gasteiger partial charge in [-0.05, 0) is 44.3 Å². The van der Waals surface area contributed by atoms with Crippen molar-refractivity contribution in [3.63, 3.8) is 0 Å². The first-order valence-electron chi connectivity index (χ1n) is 7.39. The van der Waals surface area contributed by atoms with Gasteiger partial charge in [0.05, 0.1) is 6.61 Å². The van der Waals surface area contributed by atoms with Gasteiger partial charge in [-0.3, -0.25) is 4.90 Å². The number of likely N-dealkylation sites (tertiary alicyclic amines) is 1. The van der Waals surface area contributed by atoms with E-state index in [0.29, 0.717) is 12.5 Å². The molecule has 3 heteroatoms. The molecular formula is C17H23NO2. The van der Waals surface area contributed by atoms with Gasteiger partial charge in [0, 0.05) is 12.6 Å². The van der Waals surface area contributed by atoms with Gasteiger partial charge in [0.2, 0.25) is 0 Å². The van der Waals surface area contributed by atoms with Gasteiger partial charge in [0.25, 0.3) is 0 Å². The van der Waals surface area contributed by atoms with Crippen molar-refractivity contribution < 1.29 is 9.53 Å². The molecule has 0 N–H and O–H groups in total. The fourth-order valence-corrected chi connectivity index (χ4v) is 2.55. The van der Waals surface area contributed by atoms with Crippen LogP contribution in [0.3, 0.4) is 0 Å². The van der Waals surface area contributed by atoms with E-state index in [1.54, 1.807) is 6.08 Å². The number of rotatable bonds is 5. The lowest BCUT2D eigenvalue weighted by atomic mass is 9.96. The Kier molecular flexibility index (Phi) is 5.81. The first-order chi connectivity index (χ1) is 9.78. The number of nitrogens with zero attached hydrogens (tertiary/aromatic N) is 1. The van der Waals surface area contributed by atoms with E-state index in [0.717, 1.165) is 32.5 Å². The Hall–Kier alpha value is -1.61. The number of hydrogen-bond donors (Lipinski definition) is 0. The van der Waals surface area contributed by atoms with Crippen molar-refractivity contribution in [1.82, 2.24) is 4.90 Å². The summed E-state index contributed by atoms with van der Waals surface area (Å²) in [5.74, 6) is 0.283. The molecule has 3 nitrogen and oxygen atoms in total. The van der Waals surface area contributed by atoms with Crippen molar-refractivity contribution in [3.05, 3.63) is 48.0 Å². The number of piperidine rings is 1. The standard InChI is InChI=1S/C17H23NO2/c1-2-20-17(19)9-8-15-10-12-18(13-11-15)14-16-6-4-3-5-7-16/h3-9,15H,2,10-14H2,1H3/b9-8+. The molecule has 0 amide bonds. The van der Waals surface area contributed by atoms with Crippen LogP contribution in [0.5, 0.6) is 0 Å². The first-order valence-corrected chi connectivity index (χ1v) is 7.39. The lowest BCUT2D eigenvalue weighted by Gasteiger charge is -2.30. The topological polar surface area (TPSA) is 29.5 Å². The lowest BCUT2D eigenvalue weighted by molar-refractivity contribution is -0.137. The summed E-state index contributed by atoms with van der Waals surface area (Å²) < 4.78 is 4.90. The second-order valence-corrected chi connectivity index (χ2v) is 5.21. The molecule has 0 aliphatic carbocycles. The van der Waals surface area contributed by atoms with Crippen LogP contribution in [0, 0.1) is 5.92 Å². The van der Waals surface area contributed by atoms with E-state index in [9.17, 15) is 4.79 Å². The van der Waals surface area contributed by atoms with Crippen LogP contribution in [0.25, 0.3) is 0 Å². The maximum Gasteiger partial charge on any atom is 0.330 e. The predicted molar refractivity (Wildman–Crippen MR) is 80.2 cm³/mol. The van der Waals surface area contributed by atoms with Gasteiger partial charge in [-0.15, -0.1) is 0 Å². The highest BCUT2D eigenvalue weighted by molar-refractivity contribution is 5.81. The van der Waals surface area contributed by atoms with E-state index in [2.05, 4.69) is 35.2 Å². The Morgan fingerprint density at radius 2 is 2.00 bits per heavy atom. The van der Waals surface area contributed by atoms with Gasteiger partial charge in [-0.2, -0.15) is 0 Å². The number of hydrogen-bond acceptors (Lipinski definition) is 3. The van der Waals surface area contributed by atoms with Crippen molar-refractivity contribution in [2.45, 2.75) is 26.3 Å². The van der Waals surface area contributed by atoms with Gasteiger partial charge in [0.15, 0.2) is 0 Å². The van der Waals surface area contributed by atoms with Crippen molar-refractivity contribution in [2.75, 3.05) is 19.7 Å². The molecule has 0 aromatic heterocycles. The summed E-state index contributed by atoms with van der Waals surface area (Å²) in [5.41, 5.74) is 1.37. The number of carbonyl (C=O) groups is 1. The quantitative estimate of drug-likeness (QED) is 0.610. The summed E-state index contributed by atoms with van der Waals surface area (Å²) in [5, 5.41) is 0. The molecule has 1 aromatic rings. The van der Waals surface area contributed by atoms with Gasteiger partial charge in [0.1, 0.15) is 0 Å². The minimum absolute atomic E-state index is 0.223. The maximum absolute atomic E-state index is 11.3. The average Bonchev–Trinajstić information content (AvgIpc) is 2.48. The van der Waals surface area contributed by atoms with E-state index in [4.69, 9.17) is 4.74 Å². The summed E-state index contributed by atoms with van der Waals surface area (Å²) in [7, 11) is 0. The molecule has 0 saturated carbocycles. The Morgan fingerprint density at radius 3 is 2.65 bits per heavy atom. The van der Waals surface area contributed by atoms with Crippen LogP contribution in [0.2, 0.25) is 0 Å². The van der Waals surface area contributed by atoms with E-state index >= 15 is 0 Å². The van der Waals surface area contributed by atoms with Crippen molar-refractivity contribution >= 4 is 5.97 Å². The molecule has 1 heterocycles. The molecule has 108 valence electrons. The summed E-state index contributed by atoms with van der Waals surface area (Å²) in [4.78, 5) is 13.7. The molecule has 2 rings (SSSR count). The maximum atomic E-state index is 11.3. The molecule has 0 unspecified atom stereocenters. The summed E-state index contributed by atoms with van der Waals surface area (Å²) in [6.45, 7) is 5.47. The third-order valence-corrected chi connectivity index (χ3v) is 3.67. The highest BCUT2D eigenvalue weighted by Gasteiger charge is 2.17. The summed E-state index contributed by atoms with van der Waals surface area (Å²) in [6.07, 6.45) is 5.82. The zero-order valence-corrected chi connectivity index (χ0v) is 12.1. The first kappa shape index (κ1) is 14.8. The highest BCUT2D eigenvalue weighted by Crippen LogP contribution is 2.20. The molecule has 1 fully saturated rings. The molecule has 1 aliphatic rings. The Labute approximate surface area is 121 Å². The molecule has 1 aromatic carbocycles. The Bertz CT molecular complexity index is 434. The van der Waals surface area contributed by atoms with E-state index in [-0.39, 0.29) is 5.97 Å². The smallest absolute Gasteiger partial charge is 0.330 e. The molecule has 0 spiro atoms. The second-order valence-electron chi connectivity index (χ2n) is 5.21. The molecule has 20 heavy (non-hydrogen) atoms. The van der Waals surface area contributed by atoms with Crippen LogP contribution < -0.4 is 0 Å². The minimum atomic E-state index is -0.223. The summed E-state index contributed by atoms with van der Waals surface area (Å²) >= 11 is 0. The van der Waals surface area contributed by atoms with Crippen LogP contribution in [0.1, 0.15) is 25.3 Å². The van der Waals surface area contributed by atoms with Gasteiger partial charge in [-0.25, -0.2) is 4.79 Å². The second kappa shape index (κ2) is 7.85. The molecule has 0 atom stereocenters. The number of benzene rings is 1. The fraction of sp³-hybridized carbons (Fsp3) is 0.471. The summed E-state index contributed by atoms with van der Waals surface area (Å²) in [6, 6.07) is 10.6. The Balaban J connectivity index is 1.74. The normalized spacial score (nSPS) is 17.4. The average molecular weight is 273 g/mol. The largest absolute Gasteiger partial charge is 0.463 e. The number of allylic oxidation sites excluding steroid dienone is 1. The van der Waals surface area contributed by atoms with Crippen LogP contribution in [-0.4, -0.2) is 30.6 Å².